The van der Waals surface area contributed by atoms with E-state index in [2.05, 4.69) is 12.6 Å². The van der Waals surface area contributed by atoms with Gasteiger partial charge in [0.15, 0.2) is 0 Å². The summed E-state index contributed by atoms with van der Waals surface area (Å²) in [6.45, 7) is 1.68. The molecule has 1 amide bonds. The second-order valence-corrected chi connectivity index (χ2v) is 4.89. The maximum Gasteiger partial charge on any atom is 0.293 e. The monoisotopic (exact) mass is 270 g/mol. The molecule has 7 heteroatoms. The molecule has 0 spiro atoms. The standard InChI is InChI=1S/C11H11FN2O3S/c1-6-8(12)2-3-9(14(16)17)11(6)13-5-7(18)4-10(13)15/h2-3,7,18H,4-5H2,1H3. The zero-order chi connectivity index (χ0) is 13.4. The van der Waals surface area contributed by atoms with Gasteiger partial charge < -0.3 is 4.90 Å². The van der Waals surface area contributed by atoms with Gasteiger partial charge in [0.1, 0.15) is 11.5 Å². The van der Waals surface area contributed by atoms with Crippen molar-refractivity contribution in [1.82, 2.24) is 0 Å². The Bertz CT molecular complexity index is 535. The van der Waals surface area contributed by atoms with Crippen LogP contribution < -0.4 is 4.90 Å². The third-order valence-corrected chi connectivity index (χ3v) is 3.26. The number of halogens is 1. The lowest BCUT2D eigenvalue weighted by Crippen LogP contribution is -2.26. The Morgan fingerprint density at radius 2 is 2.22 bits per heavy atom. The zero-order valence-corrected chi connectivity index (χ0v) is 10.5. The first-order valence-electron chi connectivity index (χ1n) is 5.33. The number of amides is 1. The molecule has 1 saturated heterocycles. The topological polar surface area (TPSA) is 63.5 Å². The van der Waals surface area contributed by atoms with Gasteiger partial charge in [0, 0.05) is 29.8 Å². The van der Waals surface area contributed by atoms with Crippen LogP contribution in [-0.2, 0) is 4.79 Å². The van der Waals surface area contributed by atoms with Crippen molar-refractivity contribution in [2.75, 3.05) is 11.4 Å². The number of anilines is 1. The first-order chi connectivity index (χ1) is 8.41. The molecule has 0 N–H and O–H groups in total. The van der Waals surface area contributed by atoms with Crippen LogP contribution in [0.2, 0.25) is 0 Å². The number of thiol groups is 1. The molecule has 1 unspecified atom stereocenters. The summed E-state index contributed by atoms with van der Waals surface area (Å²) in [6, 6.07) is 2.12. The van der Waals surface area contributed by atoms with Crippen molar-refractivity contribution in [1.29, 1.82) is 0 Å². The minimum atomic E-state index is -0.610. The lowest BCUT2D eigenvalue weighted by atomic mass is 10.1. The quantitative estimate of drug-likeness (QED) is 0.508. The van der Waals surface area contributed by atoms with E-state index in [0.717, 1.165) is 12.1 Å². The summed E-state index contributed by atoms with van der Waals surface area (Å²) >= 11 is 4.18. The van der Waals surface area contributed by atoms with Crippen LogP contribution in [0.25, 0.3) is 0 Å². The lowest BCUT2D eigenvalue weighted by Gasteiger charge is -2.18. The Morgan fingerprint density at radius 1 is 1.56 bits per heavy atom. The first-order valence-corrected chi connectivity index (χ1v) is 5.85. The first kappa shape index (κ1) is 12.8. The molecule has 1 aromatic carbocycles. The summed E-state index contributed by atoms with van der Waals surface area (Å²) in [6.07, 6.45) is 0.205. The highest BCUT2D eigenvalue weighted by Crippen LogP contribution is 2.36. The van der Waals surface area contributed by atoms with E-state index in [9.17, 15) is 19.3 Å². The second kappa shape index (κ2) is 4.56. The van der Waals surface area contributed by atoms with Gasteiger partial charge >= 0.3 is 0 Å². The molecule has 0 radical (unpaired) electrons. The number of benzene rings is 1. The van der Waals surface area contributed by atoms with Crippen LogP contribution in [-0.4, -0.2) is 22.6 Å². The van der Waals surface area contributed by atoms with E-state index < -0.39 is 10.7 Å². The van der Waals surface area contributed by atoms with Crippen LogP contribution in [0.5, 0.6) is 0 Å². The largest absolute Gasteiger partial charge is 0.305 e. The third kappa shape index (κ3) is 2.05. The molecule has 1 aromatic rings. The average Bonchev–Trinajstić information content (AvgIpc) is 2.61. The van der Waals surface area contributed by atoms with Gasteiger partial charge in [-0.3, -0.25) is 14.9 Å². The number of hydrogen-bond donors (Lipinski definition) is 1. The van der Waals surface area contributed by atoms with Crippen LogP contribution in [0.4, 0.5) is 15.8 Å². The maximum atomic E-state index is 13.5. The molecule has 18 heavy (non-hydrogen) atoms. The van der Waals surface area contributed by atoms with E-state index in [4.69, 9.17) is 0 Å². The molecule has 1 aliphatic rings. The number of rotatable bonds is 2. The van der Waals surface area contributed by atoms with Gasteiger partial charge in [0.25, 0.3) is 5.69 Å². The van der Waals surface area contributed by atoms with Crippen molar-refractivity contribution >= 4 is 29.9 Å². The van der Waals surface area contributed by atoms with Crippen molar-refractivity contribution in [2.45, 2.75) is 18.6 Å². The van der Waals surface area contributed by atoms with E-state index in [1.807, 2.05) is 0 Å². The van der Waals surface area contributed by atoms with Gasteiger partial charge in [0.05, 0.1) is 4.92 Å². The summed E-state index contributed by atoms with van der Waals surface area (Å²) in [5, 5.41) is 10.8. The molecule has 1 fully saturated rings. The summed E-state index contributed by atoms with van der Waals surface area (Å²) in [4.78, 5) is 23.3. The minimum absolute atomic E-state index is 0.0431. The van der Waals surface area contributed by atoms with Crippen molar-refractivity contribution in [3.8, 4) is 0 Å². The molecular weight excluding hydrogens is 259 g/mol. The molecule has 96 valence electrons. The Hall–Kier alpha value is -1.63. The van der Waals surface area contributed by atoms with Gasteiger partial charge in [-0.15, -0.1) is 0 Å². The molecule has 0 aliphatic carbocycles. The van der Waals surface area contributed by atoms with E-state index in [1.165, 1.54) is 11.8 Å². The normalized spacial score (nSPS) is 19.4. The van der Waals surface area contributed by atoms with Crippen LogP contribution in [0.1, 0.15) is 12.0 Å². The van der Waals surface area contributed by atoms with Gasteiger partial charge in [0.2, 0.25) is 5.91 Å². The fourth-order valence-corrected chi connectivity index (χ4v) is 2.37. The predicted octanol–water partition coefficient (Wildman–Crippen LogP) is 2.08. The fourth-order valence-electron chi connectivity index (χ4n) is 2.05. The number of nitrogens with zero attached hydrogens (tertiary/aromatic N) is 2. The average molecular weight is 270 g/mol. The third-order valence-electron chi connectivity index (χ3n) is 2.91. The minimum Gasteiger partial charge on any atom is -0.305 e. The number of hydrogen-bond acceptors (Lipinski definition) is 4. The fraction of sp³-hybridized carbons (Fsp3) is 0.364. The number of nitro groups is 1. The number of nitro benzene ring substituents is 1. The Balaban J connectivity index is 2.58. The molecular formula is C11H11FN2O3S. The highest BCUT2D eigenvalue weighted by atomic mass is 32.1. The molecule has 1 aliphatic heterocycles. The summed E-state index contributed by atoms with van der Waals surface area (Å²) in [5.74, 6) is -0.835. The molecule has 2 rings (SSSR count). The lowest BCUT2D eigenvalue weighted by molar-refractivity contribution is -0.384. The maximum absolute atomic E-state index is 13.5. The van der Waals surface area contributed by atoms with E-state index in [0.29, 0.717) is 0 Å². The van der Waals surface area contributed by atoms with Crippen molar-refractivity contribution in [3.05, 3.63) is 33.6 Å². The molecule has 1 heterocycles. The molecule has 0 aromatic heterocycles. The SMILES string of the molecule is Cc1c(F)ccc([N+](=O)[O-])c1N1CC(S)CC1=O. The van der Waals surface area contributed by atoms with E-state index in [-0.39, 0.29) is 41.1 Å². The van der Waals surface area contributed by atoms with Gasteiger partial charge in [-0.1, -0.05) is 0 Å². The smallest absolute Gasteiger partial charge is 0.293 e. The van der Waals surface area contributed by atoms with Gasteiger partial charge in [-0.05, 0) is 13.0 Å². The van der Waals surface area contributed by atoms with Crippen molar-refractivity contribution in [2.24, 2.45) is 0 Å². The highest BCUT2D eigenvalue weighted by Gasteiger charge is 2.34. The summed E-state index contributed by atoms with van der Waals surface area (Å²) in [7, 11) is 0. The van der Waals surface area contributed by atoms with Gasteiger partial charge in [-0.2, -0.15) is 12.6 Å². The Kier molecular flexibility index (Phi) is 3.25. The van der Waals surface area contributed by atoms with Crippen LogP contribution in [0.15, 0.2) is 12.1 Å². The number of carbonyl (C=O) groups excluding carboxylic acids is 1. The van der Waals surface area contributed by atoms with E-state index >= 15 is 0 Å². The van der Waals surface area contributed by atoms with Crippen LogP contribution in [0, 0.1) is 22.9 Å². The molecule has 0 bridgehead atoms. The summed E-state index contributed by atoms with van der Waals surface area (Å²) < 4.78 is 13.5. The highest BCUT2D eigenvalue weighted by molar-refractivity contribution is 7.81. The number of carbonyl (C=O) groups is 1. The van der Waals surface area contributed by atoms with Gasteiger partial charge in [-0.25, -0.2) is 4.39 Å². The zero-order valence-electron chi connectivity index (χ0n) is 9.59. The second-order valence-electron chi connectivity index (χ2n) is 4.16. The van der Waals surface area contributed by atoms with Crippen LogP contribution in [0.3, 0.4) is 0 Å². The van der Waals surface area contributed by atoms with Crippen LogP contribution >= 0.6 is 12.6 Å². The Morgan fingerprint density at radius 3 is 2.72 bits per heavy atom. The van der Waals surface area contributed by atoms with Crippen molar-refractivity contribution < 1.29 is 14.1 Å². The van der Waals surface area contributed by atoms with E-state index in [1.54, 1.807) is 0 Å². The Labute approximate surface area is 108 Å². The predicted molar refractivity (Wildman–Crippen MR) is 67.5 cm³/mol. The summed E-state index contributed by atoms with van der Waals surface area (Å²) in [5.41, 5.74) is -0.105. The molecule has 5 nitrogen and oxygen atoms in total. The molecule has 1 atom stereocenters. The molecule has 0 saturated carbocycles. The van der Waals surface area contributed by atoms with Crippen molar-refractivity contribution in [3.63, 3.8) is 0 Å².